The Kier molecular flexibility index (Phi) is 5.34. The zero-order chi connectivity index (χ0) is 11.3. The summed E-state index contributed by atoms with van der Waals surface area (Å²) in [4.78, 5) is 4.45. The fourth-order valence-electron chi connectivity index (χ4n) is 0.808. The number of rotatable bonds is 1. The van der Waals surface area contributed by atoms with Crippen LogP contribution in [-0.4, -0.2) is 10.6 Å². The van der Waals surface area contributed by atoms with E-state index in [0.717, 1.165) is 4.90 Å². The summed E-state index contributed by atoms with van der Waals surface area (Å²) in [6.07, 6.45) is 3.59. The molecule has 78 valence electrons. The monoisotopic (exact) mass is 276 g/mol. The van der Waals surface area contributed by atoms with Crippen molar-refractivity contribution >= 4 is 51.1 Å². The summed E-state index contributed by atoms with van der Waals surface area (Å²) in [7, 11) is 0. The van der Waals surface area contributed by atoms with E-state index in [1.807, 2.05) is 12.3 Å². The highest BCUT2D eigenvalue weighted by Crippen LogP contribution is 2.35. The topological polar surface area (TPSA) is 36.1 Å². The van der Waals surface area contributed by atoms with Gasteiger partial charge in [0.1, 0.15) is 4.38 Å². The van der Waals surface area contributed by atoms with E-state index in [0.29, 0.717) is 14.4 Å². The third-order valence-corrected chi connectivity index (χ3v) is 4.38. The zero-order valence-corrected chi connectivity index (χ0v) is 10.8. The van der Waals surface area contributed by atoms with Gasteiger partial charge in [0.05, 0.1) is 10.0 Å². The smallest absolute Gasteiger partial charge is 0.170 e. The van der Waals surface area contributed by atoms with E-state index in [4.69, 9.17) is 28.5 Å². The minimum atomic E-state index is 0.490. The molecule has 15 heavy (non-hydrogen) atoms. The Bertz CT molecular complexity index is 427. The molecule has 0 unspecified atom stereocenters. The molecule has 1 aromatic carbocycles. The van der Waals surface area contributed by atoms with Gasteiger partial charge in [-0.05, 0) is 18.4 Å². The van der Waals surface area contributed by atoms with Crippen molar-refractivity contribution in [2.45, 2.75) is 4.90 Å². The lowest BCUT2D eigenvalue weighted by Crippen LogP contribution is -1.84. The lowest BCUT2D eigenvalue weighted by atomic mass is 10.4. The highest BCUT2D eigenvalue weighted by Gasteiger charge is 2.08. The number of benzene rings is 1. The Labute approximate surface area is 107 Å². The Balaban J connectivity index is 2.95. The van der Waals surface area contributed by atoms with E-state index in [-0.39, 0.29) is 0 Å². The molecule has 0 spiro atoms. The number of hydrogen-bond acceptors (Lipinski definition) is 4. The van der Waals surface area contributed by atoms with Crippen LogP contribution in [0.15, 0.2) is 28.1 Å². The molecule has 0 radical (unpaired) electrons. The molecule has 0 saturated heterocycles. The van der Waals surface area contributed by atoms with Crippen molar-refractivity contribution < 1.29 is 0 Å². The van der Waals surface area contributed by atoms with Crippen LogP contribution in [0.3, 0.4) is 0 Å². The Morgan fingerprint density at radius 1 is 1.47 bits per heavy atom. The molecule has 0 amide bonds. The second-order valence-electron chi connectivity index (χ2n) is 2.34. The van der Waals surface area contributed by atoms with Crippen LogP contribution in [-0.2, 0) is 0 Å². The zero-order valence-electron chi connectivity index (χ0n) is 7.70. The highest BCUT2D eigenvalue weighted by molar-refractivity contribution is 8.38. The van der Waals surface area contributed by atoms with E-state index < -0.39 is 0 Å². The van der Waals surface area contributed by atoms with Crippen LogP contribution in [0.1, 0.15) is 0 Å². The molecular formula is C9H6Cl2N2S2. The van der Waals surface area contributed by atoms with Crippen LogP contribution in [0, 0.1) is 11.5 Å². The van der Waals surface area contributed by atoms with Crippen molar-refractivity contribution in [3.63, 3.8) is 0 Å². The molecule has 0 aliphatic heterocycles. The van der Waals surface area contributed by atoms with Crippen LogP contribution in [0.5, 0.6) is 0 Å². The van der Waals surface area contributed by atoms with E-state index in [9.17, 15) is 0 Å². The number of aliphatic imine (C=N–C) groups is 1. The van der Waals surface area contributed by atoms with Gasteiger partial charge in [-0.2, -0.15) is 10.3 Å². The van der Waals surface area contributed by atoms with Gasteiger partial charge in [-0.1, -0.05) is 41.0 Å². The molecule has 0 aliphatic carbocycles. The Morgan fingerprint density at radius 3 is 2.80 bits per heavy atom. The lowest BCUT2D eigenvalue weighted by molar-refractivity contribution is 1.45. The average Bonchev–Trinajstić information content (AvgIpc) is 2.24. The minimum Gasteiger partial charge on any atom is -0.170 e. The maximum Gasteiger partial charge on any atom is 0.207 e. The van der Waals surface area contributed by atoms with E-state index >= 15 is 0 Å². The van der Waals surface area contributed by atoms with E-state index in [1.54, 1.807) is 18.3 Å². The summed E-state index contributed by atoms with van der Waals surface area (Å²) in [6.45, 7) is 0. The van der Waals surface area contributed by atoms with Crippen molar-refractivity contribution in [3.05, 3.63) is 28.2 Å². The van der Waals surface area contributed by atoms with Gasteiger partial charge in [0.2, 0.25) is 6.19 Å². The predicted molar refractivity (Wildman–Crippen MR) is 68.9 cm³/mol. The molecule has 0 fully saturated rings. The Morgan fingerprint density at radius 2 is 2.20 bits per heavy atom. The number of halogens is 2. The molecule has 0 aliphatic rings. The maximum atomic E-state index is 8.45. The van der Waals surface area contributed by atoms with Crippen molar-refractivity contribution in [2.24, 2.45) is 4.99 Å². The first-order chi connectivity index (χ1) is 7.19. The third-order valence-electron chi connectivity index (χ3n) is 1.43. The van der Waals surface area contributed by atoms with Crippen molar-refractivity contribution in [1.29, 1.82) is 5.26 Å². The van der Waals surface area contributed by atoms with Crippen LogP contribution >= 0.6 is 46.7 Å². The number of hydrogen-bond donors (Lipinski definition) is 0. The fraction of sp³-hybridized carbons (Fsp3) is 0.111. The first-order valence-corrected chi connectivity index (χ1v) is 6.61. The summed E-state index contributed by atoms with van der Waals surface area (Å²) in [6, 6.07) is 5.36. The molecular weight excluding hydrogens is 271 g/mol. The molecule has 0 heterocycles. The SMILES string of the molecule is CSC(=NC#N)Sc1cccc(Cl)c1Cl. The summed E-state index contributed by atoms with van der Waals surface area (Å²) >= 11 is 14.6. The average molecular weight is 277 g/mol. The van der Waals surface area contributed by atoms with Crippen molar-refractivity contribution in [3.8, 4) is 6.19 Å². The third kappa shape index (κ3) is 3.62. The summed E-state index contributed by atoms with van der Waals surface area (Å²) in [5, 5.41) is 9.44. The molecule has 0 aromatic heterocycles. The number of thioether (sulfide) groups is 2. The standard InChI is InChI=1S/C9H6Cl2N2S2/c1-14-9(13-5-12)15-7-4-2-3-6(10)8(7)11/h2-4H,1H3. The van der Waals surface area contributed by atoms with Crippen LogP contribution in [0.25, 0.3) is 0 Å². The summed E-state index contributed by atoms with van der Waals surface area (Å²) in [5.74, 6) is 0. The van der Waals surface area contributed by atoms with Crippen LogP contribution < -0.4 is 0 Å². The molecule has 0 N–H and O–H groups in total. The first kappa shape index (κ1) is 12.7. The van der Waals surface area contributed by atoms with Gasteiger partial charge in [0.15, 0.2) is 0 Å². The molecule has 0 atom stereocenters. The van der Waals surface area contributed by atoms with E-state index in [1.165, 1.54) is 23.5 Å². The minimum absolute atomic E-state index is 0.490. The lowest BCUT2D eigenvalue weighted by Gasteiger charge is -2.04. The second-order valence-corrected chi connectivity index (χ2v) is 5.21. The summed E-state index contributed by atoms with van der Waals surface area (Å²) in [5.41, 5.74) is 0. The van der Waals surface area contributed by atoms with Crippen LogP contribution in [0.2, 0.25) is 10.0 Å². The molecule has 2 nitrogen and oxygen atoms in total. The van der Waals surface area contributed by atoms with Gasteiger partial charge >= 0.3 is 0 Å². The normalized spacial score (nSPS) is 11.2. The number of nitrogens with zero attached hydrogens (tertiary/aromatic N) is 2. The summed E-state index contributed by atoms with van der Waals surface area (Å²) < 4.78 is 0.640. The van der Waals surface area contributed by atoms with Crippen molar-refractivity contribution in [1.82, 2.24) is 0 Å². The quantitative estimate of drug-likeness (QED) is 0.332. The molecule has 0 bridgehead atoms. The number of nitriles is 1. The highest BCUT2D eigenvalue weighted by atomic mass is 35.5. The van der Waals surface area contributed by atoms with Gasteiger partial charge in [-0.3, -0.25) is 0 Å². The second kappa shape index (κ2) is 6.29. The van der Waals surface area contributed by atoms with Gasteiger partial charge in [0, 0.05) is 4.90 Å². The largest absolute Gasteiger partial charge is 0.207 e. The fourth-order valence-corrected chi connectivity index (χ4v) is 2.64. The Hall–Kier alpha value is -0.340. The van der Waals surface area contributed by atoms with Gasteiger partial charge < -0.3 is 0 Å². The maximum absolute atomic E-state index is 8.45. The van der Waals surface area contributed by atoms with Crippen LogP contribution in [0.4, 0.5) is 0 Å². The van der Waals surface area contributed by atoms with Crippen molar-refractivity contribution in [2.75, 3.05) is 6.26 Å². The molecule has 1 aromatic rings. The molecule has 0 saturated carbocycles. The molecule has 1 rings (SSSR count). The predicted octanol–water partition coefficient (Wildman–Crippen LogP) is 4.29. The van der Waals surface area contributed by atoms with Gasteiger partial charge in [-0.15, -0.1) is 11.8 Å². The van der Waals surface area contributed by atoms with Gasteiger partial charge in [-0.25, -0.2) is 0 Å². The first-order valence-electron chi connectivity index (χ1n) is 3.81. The van der Waals surface area contributed by atoms with E-state index in [2.05, 4.69) is 4.99 Å². The van der Waals surface area contributed by atoms with Gasteiger partial charge in [0.25, 0.3) is 0 Å². The molecule has 6 heteroatoms.